The van der Waals surface area contributed by atoms with Crippen LogP contribution in [0.3, 0.4) is 0 Å². The molecule has 0 radical (unpaired) electrons. The van der Waals surface area contributed by atoms with Crippen molar-refractivity contribution in [3.63, 3.8) is 0 Å². The third-order valence-electron chi connectivity index (χ3n) is 2.27. The zero-order chi connectivity index (χ0) is 12.1. The lowest BCUT2D eigenvalue weighted by Gasteiger charge is -2.04. The van der Waals surface area contributed by atoms with E-state index in [4.69, 9.17) is 4.74 Å². The van der Waals surface area contributed by atoms with E-state index in [1.54, 1.807) is 6.92 Å². The van der Waals surface area contributed by atoms with Gasteiger partial charge in [0.1, 0.15) is 11.5 Å². The normalized spacial score (nSPS) is 9.88. The van der Waals surface area contributed by atoms with Crippen molar-refractivity contribution in [1.82, 2.24) is 0 Å². The van der Waals surface area contributed by atoms with Crippen LogP contribution in [0.2, 0.25) is 0 Å². The van der Waals surface area contributed by atoms with Gasteiger partial charge in [0, 0.05) is 24.5 Å². The van der Waals surface area contributed by atoms with E-state index in [0.717, 1.165) is 0 Å². The van der Waals surface area contributed by atoms with E-state index >= 15 is 0 Å². The molecule has 0 fully saturated rings. The average Bonchev–Trinajstić information content (AvgIpc) is 2.28. The molecule has 0 bridgehead atoms. The standard InChI is InChI=1S/C11H13NO4/c1-3-9(13)6-8-7-10(16-2)4-5-11(8)12(14)15/h4-5,7H,3,6H2,1-2H3. The third kappa shape index (κ3) is 2.79. The summed E-state index contributed by atoms with van der Waals surface area (Å²) in [5.41, 5.74) is 0.360. The van der Waals surface area contributed by atoms with E-state index in [1.165, 1.54) is 25.3 Å². The Balaban J connectivity index is 3.10. The van der Waals surface area contributed by atoms with E-state index in [9.17, 15) is 14.9 Å². The van der Waals surface area contributed by atoms with Gasteiger partial charge in [-0.05, 0) is 12.1 Å². The Labute approximate surface area is 93.2 Å². The zero-order valence-electron chi connectivity index (χ0n) is 9.23. The molecule has 0 aliphatic heterocycles. The first-order valence-electron chi connectivity index (χ1n) is 4.91. The van der Waals surface area contributed by atoms with Crippen molar-refractivity contribution in [1.29, 1.82) is 0 Å². The predicted octanol–water partition coefficient (Wildman–Crippen LogP) is 2.12. The molecule has 0 saturated carbocycles. The number of ether oxygens (including phenoxy) is 1. The van der Waals surface area contributed by atoms with Crippen molar-refractivity contribution in [3.05, 3.63) is 33.9 Å². The molecule has 0 aliphatic carbocycles. The Morgan fingerprint density at radius 3 is 2.69 bits per heavy atom. The summed E-state index contributed by atoms with van der Waals surface area (Å²) in [6.45, 7) is 1.73. The summed E-state index contributed by atoms with van der Waals surface area (Å²) in [6, 6.07) is 4.40. The molecule has 0 amide bonds. The summed E-state index contributed by atoms with van der Waals surface area (Å²) in [4.78, 5) is 21.5. The van der Waals surface area contributed by atoms with Gasteiger partial charge >= 0.3 is 0 Å². The van der Waals surface area contributed by atoms with Gasteiger partial charge < -0.3 is 4.74 Å². The summed E-state index contributed by atoms with van der Waals surface area (Å²) >= 11 is 0. The van der Waals surface area contributed by atoms with Gasteiger partial charge in [-0.25, -0.2) is 0 Å². The molecule has 1 rings (SSSR count). The topological polar surface area (TPSA) is 69.4 Å². The molecule has 16 heavy (non-hydrogen) atoms. The number of hydrogen-bond acceptors (Lipinski definition) is 4. The van der Waals surface area contributed by atoms with Crippen LogP contribution in [0.4, 0.5) is 5.69 Å². The average molecular weight is 223 g/mol. The van der Waals surface area contributed by atoms with Gasteiger partial charge in [0.05, 0.1) is 12.0 Å². The second-order valence-corrected chi connectivity index (χ2v) is 3.32. The number of nitrogens with zero attached hydrogens (tertiary/aromatic N) is 1. The Hall–Kier alpha value is -1.91. The fourth-order valence-corrected chi connectivity index (χ4v) is 1.35. The van der Waals surface area contributed by atoms with Crippen molar-refractivity contribution in [2.75, 3.05) is 7.11 Å². The monoisotopic (exact) mass is 223 g/mol. The second-order valence-electron chi connectivity index (χ2n) is 3.32. The number of benzene rings is 1. The van der Waals surface area contributed by atoms with Gasteiger partial charge in [0.25, 0.3) is 5.69 Å². The number of nitro groups is 1. The molecule has 0 aliphatic rings. The second kappa shape index (κ2) is 5.25. The molecule has 1 aromatic carbocycles. The maximum absolute atomic E-state index is 11.3. The van der Waals surface area contributed by atoms with E-state index < -0.39 is 4.92 Å². The van der Waals surface area contributed by atoms with Crippen molar-refractivity contribution in [3.8, 4) is 5.75 Å². The van der Waals surface area contributed by atoms with E-state index in [0.29, 0.717) is 17.7 Å². The predicted molar refractivity (Wildman–Crippen MR) is 58.7 cm³/mol. The number of carbonyl (C=O) groups is 1. The number of hydrogen-bond donors (Lipinski definition) is 0. The Kier molecular flexibility index (Phi) is 3.99. The number of ketones is 1. The van der Waals surface area contributed by atoms with Gasteiger partial charge in [-0.2, -0.15) is 0 Å². The molecule has 86 valence electrons. The number of carbonyl (C=O) groups excluding carboxylic acids is 1. The number of nitro benzene ring substituents is 1. The smallest absolute Gasteiger partial charge is 0.273 e. The van der Waals surface area contributed by atoms with Gasteiger partial charge in [-0.1, -0.05) is 6.92 Å². The van der Waals surface area contributed by atoms with Gasteiger partial charge in [-0.15, -0.1) is 0 Å². The zero-order valence-corrected chi connectivity index (χ0v) is 9.23. The molecule has 1 aromatic rings. The van der Waals surface area contributed by atoms with Crippen LogP contribution in [0.15, 0.2) is 18.2 Å². The summed E-state index contributed by atoms with van der Waals surface area (Å²) in [5.74, 6) is 0.487. The summed E-state index contributed by atoms with van der Waals surface area (Å²) in [5, 5.41) is 10.7. The van der Waals surface area contributed by atoms with Crippen molar-refractivity contribution in [2.24, 2.45) is 0 Å². The number of methoxy groups -OCH3 is 1. The molecule has 0 saturated heterocycles. The largest absolute Gasteiger partial charge is 0.497 e. The molecule has 0 aromatic heterocycles. The number of Topliss-reactive ketones (excluding diaryl/α,β-unsaturated/α-hetero) is 1. The van der Waals surface area contributed by atoms with E-state index in [1.807, 2.05) is 0 Å². The van der Waals surface area contributed by atoms with Crippen LogP contribution in [-0.4, -0.2) is 17.8 Å². The number of rotatable bonds is 5. The van der Waals surface area contributed by atoms with Crippen molar-refractivity contribution >= 4 is 11.5 Å². The third-order valence-corrected chi connectivity index (χ3v) is 2.27. The maximum Gasteiger partial charge on any atom is 0.273 e. The first-order valence-corrected chi connectivity index (χ1v) is 4.91. The van der Waals surface area contributed by atoms with Crippen LogP contribution in [0.1, 0.15) is 18.9 Å². The van der Waals surface area contributed by atoms with Crippen molar-refractivity contribution < 1.29 is 14.5 Å². The van der Waals surface area contributed by atoms with E-state index in [-0.39, 0.29) is 17.9 Å². The molecule has 5 nitrogen and oxygen atoms in total. The highest BCUT2D eigenvalue weighted by Crippen LogP contribution is 2.24. The molecule has 0 unspecified atom stereocenters. The summed E-state index contributed by atoms with van der Waals surface area (Å²) in [7, 11) is 1.48. The Bertz CT molecular complexity index is 414. The minimum atomic E-state index is -0.488. The minimum absolute atomic E-state index is 0.0312. The minimum Gasteiger partial charge on any atom is -0.497 e. The lowest BCUT2D eigenvalue weighted by atomic mass is 10.1. The maximum atomic E-state index is 11.3. The van der Waals surface area contributed by atoms with Crippen LogP contribution in [-0.2, 0) is 11.2 Å². The van der Waals surface area contributed by atoms with Crippen LogP contribution in [0, 0.1) is 10.1 Å². The van der Waals surface area contributed by atoms with Crippen LogP contribution in [0.5, 0.6) is 5.75 Å². The van der Waals surface area contributed by atoms with Crippen LogP contribution in [0.25, 0.3) is 0 Å². The Morgan fingerprint density at radius 1 is 1.50 bits per heavy atom. The first kappa shape index (κ1) is 12.2. The van der Waals surface area contributed by atoms with Crippen LogP contribution < -0.4 is 4.74 Å². The van der Waals surface area contributed by atoms with Crippen LogP contribution >= 0.6 is 0 Å². The lowest BCUT2D eigenvalue weighted by Crippen LogP contribution is -2.04. The SMILES string of the molecule is CCC(=O)Cc1cc(OC)ccc1[N+](=O)[O-]. The summed E-state index contributed by atoms with van der Waals surface area (Å²) in [6.07, 6.45) is 0.443. The molecular weight excluding hydrogens is 210 g/mol. The first-order chi connectivity index (χ1) is 7.58. The van der Waals surface area contributed by atoms with Crippen molar-refractivity contribution in [2.45, 2.75) is 19.8 Å². The molecular formula is C11H13NO4. The van der Waals surface area contributed by atoms with E-state index in [2.05, 4.69) is 0 Å². The van der Waals surface area contributed by atoms with Gasteiger partial charge in [-0.3, -0.25) is 14.9 Å². The highest BCUT2D eigenvalue weighted by atomic mass is 16.6. The molecule has 0 N–H and O–H groups in total. The fraction of sp³-hybridized carbons (Fsp3) is 0.364. The Morgan fingerprint density at radius 2 is 2.19 bits per heavy atom. The highest BCUT2D eigenvalue weighted by molar-refractivity contribution is 5.81. The lowest BCUT2D eigenvalue weighted by molar-refractivity contribution is -0.385. The van der Waals surface area contributed by atoms with Gasteiger partial charge in [0.15, 0.2) is 0 Å². The highest BCUT2D eigenvalue weighted by Gasteiger charge is 2.16. The molecule has 0 heterocycles. The molecule has 0 spiro atoms. The van der Waals surface area contributed by atoms with Gasteiger partial charge in [0.2, 0.25) is 0 Å². The fourth-order valence-electron chi connectivity index (χ4n) is 1.35. The molecule has 5 heteroatoms. The molecule has 0 atom stereocenters. The summed E-state index contributed by atoms with van der Waals surface area (Å²) < 4.78 is 4.97. The quantitative estimate of drug-likeness (QED) is 0.566.